The highest BCUT2D eigenvalue weighted by Crippen LogP contribution is 2.35. The van der Waals surface area contributed by atoms with Gasteiger partial charge in [-0.2, -0.15) is 23.3 Å². The van der Waals surface area contributed by atoms with Crippen LogP contribution in [0.3, 0.4) is 0 Å². The van der Waals surface area contributed by atoms with Gasteiger partial charge in [0.1, 0.15) is 0 Å². The van der Waals surface area contributed by atoms with Crippen molar-refractivity contribution in [2.75, 3.05) is 0 Å². The molecule has 9 heteroatoms. The number of nitrogens with two attached hydrogens (primary N) is 1. The molecule has 0 fully saturated rings. The van der Waals surface area contributed by atoms with Crippen molar-refractivity contribution >= 4 is 0 Å². The van der Waals surface area contributed by atoms with Crippen LogP contribution in [0.15, 0.2) is 16.9 Å². The molecule has 2 heterocycles. The van der Waals surface area contributed by atoms with Crippen LogP contribution in [0.5, 0.6) is 0 Å². The second-order valence-electron chi connectivity index (χ2n) is 4.03. The van der Waals surface area contributed by atoms with E-state index in [9.17, 15) is 13.2 Å². The zero-order chi connectivity index (χ0) is 13.6. The third kappa shape index (κ3) is 1.96. The van der Waals surface area contributed by atoms with Gasteiger partial charge in [-0.25, -0.2) is 0 Å². The molecule has 0 amide bonds. The van der Waals surface area contributed by atoms with Crippen LogP contribution in [0.1, 0.15) is 12.8 Å². The first-order valence-corrected chi connectivity index (χ1v) is 4.90. The summed E-state index contributed by atoms with van der Waals surface area (Å²) in [6.45, 7) is 0.771. The predicted molar refractivity (Wildman–Crippen MR) is 54.1 cm³/mol. The van der Waals surface area contributed by atoms with E-state index in [1.54, 1.807) is 13.2 Å². The fraction of sp³-hybridized carbons (Fsp3) is 0.444. The second-order valence-corrected chi connectivity index (χ2v) is 4.03. The van der Waals surface area contributed by atoms with Gasteiger partial charge in [0.15, 0.2) is 5.54 Å². The number of alkyl halides is 3. The van der Waals surface area contributed by atoms with Gasteiger partial charge in [0.2, 0.25) is 5.82 Å². The number of rotatable bonds is 2. The number of aryl methyl sites for hydroxylation is 1. The topological polar surface area (TPSA) is 82.8 Å². The van der Waals surface area contributed by atoms with E-state index in [2.05, 4.69) is 19.8 Å². The fourth-order valence-electron chi connectivity index (χ4n) is 1.21. The maximum atomic E-state index is 12.7. The molecule has 0 radical (unpaired) electrons. The third-order valence-electron chi connectivity index (χ3n) is 2.42. The molecule has 1 atom stereocenters. The number of hydrogen-bond acceptors (Lipinski definition) is 5. The van der Waals surface area contributed by atoms with Gasteiger partial charge in [0.05, 0.1) is 11.8 Å². The van der Waals surface area contributed by atoms with Gasteiger partial charge in [0.25, 0.3) is 5.89 Å². The summed E-state index contributed by atoms with van der Waals surface area (Å²) in [4.78, 5) is 3.66. The molecule has 0 bridgehead atoms. The van der Waals surface area contributed by atoms with E-state index < -0.39 is 17.6 Å². The van der Waals surface area contributed by atoms with Crippen LogP contribution < -0.4 is 5.73 Å². The zero-order valence-corrected chi connectivity index (χ0v) is 9.56. The highest BCUT2D eigenvalue weighted by molar-refractivity contribution is 5.51. The smallest absolute Gasteiger partial charge is 0.337 e. The van der Waals surface area contributed by atoms with Crippen molar-refractivity contribution in [1.82, 2.24) is 19.9 Å². The fourth-order valence-corrected chi connectivity index (χ4v) is 1.21. The lowest BCUT2D eigenvalue weighted by Crippen LogP contribution is -2.47. The Balaban J connectivity index is 2.37. The Morgan fingerprint density at radius 3 is 2.56 bits per heavy atom. The molecule has 1 unspecified atom stereocenters. The number of aromatic nitrogens is 4. The molecule has 0 aliphatic carbocycles. The van der Waals surface area contributed by atoms with E-state index in [0.717, 1.165) is 6.92 Å². The molecular weight excluding hydrogens is 251 g/mol. The quantitative estimate of drug-likeness (QED) is 0.878. The SMILES string of the molecule is Cn1cc(-c2noc(C(C)(N)C(F)(F)F)n2)cn1. The van der Waals surface area contributed by atoms with Gasteiger partial charge in [-0.05, 0) is 6.92 Å². The number of hydrogen-bond donors (Lipinski definition) is 1. The minimum absolute atomic E-state index is 0.0130. The molecule has 2 aromatic rings. The van der Waals surface area contributed by atoms with Crippen LogP contribution in [0, 0.1) is 0 Å². The summed E-state index contributed by atoms with van der Waals surface area (Å²) in [5.41, 5.74) is 2.94. The highest BCUT2D eigenvalue weighted by Gasteiger charge is 2.53. The van der Waals surface area contributed by atoms with E-state index >= 15 is 0 Å². The Morgan fingerprint density at radius 2 is 2.06 bits per heavy atom. The van der Waals surface area contributed by atoms with Gasteiger partial charge in [-0.15, -0.1) is 0 Å². The average Bonchev–Trinajstić information content (AvgIpc) is 2.83. The van der Waals surface area contributed by atoms with Crippen molar-refractivity contribution in [3.63, 3.8) is 0 Å². The first-order chi connectivity index (χ1) is 8.22. The summed E-state index contributed by atoms with van der Waals surface area (Å²) in [6, 6.07) is 0. The number of nitrogens with zero attached hydrogens (tertiary/aromatic N) is 4. The van der Waals surface area contributed by atoms with Crippen LogP contribution in [-0.4, -0.2) is 26.1 Å². The van der Waals surface area contributed by atoms with Gasteiger partial charge in [-0.3, -0.25) is 4.68 Å². The molecule has 98 valence electrons. The van der Waals surface area contributed by atoms with E-state index in [1.165, 1.54) is 10.9 Å². The Morgan fingerprint density at radius 1 is 1.39 bits per heavy atom. The van der Waals surface area contributed by atoms with Crippen molar-refractivity contribution < 1.29 is 17.7 Å². The van der Waals surface area contributed by atoms with Gasteiger partial charge >= 0.3 is 6.18 Å². The standard InChI is InChI=1S/C9H10F3N5O/c1-8(13,9(10,11)12)7-15-6(16-18-7)5-3-14-17(2)4-5/h3-4H,13H2,1-2H3. The Kier molecular flexibility index (Phi) is 2.65. The van der Waals surface area contributed by atoms with Crippen LogP contribution >= 0.6 is 0 Å². The van der Waals surface area contributed by atoms with Crippen LogP contribution in [0.2, 0.25) is 0 Å². The van der Waals surface area contributed by atoms with E-state index in [0.29, 0.717) is 5.56 Å². The van der Waals surface area contributed by atoms with Gasteiger partial charge in [-0.1, -0.05) is 5.16 Å². The summed E-state index contributed by atoms with van der Waals surface area (Å²) in [5.74, 6) is -0.673. The monoisotopic (exact) mass is 261 g/mol. The summed E-state index contributed by atoms with van der Waals surface area (Å²) in [6.07, 6.45) is -1.71. The molecule has 2 rings (SSSR count). The largest absolute Gasteiger partial charge is 0.415 e. The van der Waals surface area contributed by atoms with Crippen LogP contribution in [0.25, 0.3) is 11.4 Å². The Labute approximate surface area is 99.6 Å². The third-order valence-corrected chi connectivity index (χ3v) is 2.42. The summed E-state index contributed by atoms with van der Waals surface area (Å²) < 4.78 is 44.0. The second kappa shape index (κ2) is 3.80. The minimum Gasteiger partial charge on any atom is -0.337 e. The molecule has 18 heavy (non-hydrogen) atoms. The molecule has 0 aliphatic rings. The maximum absolute atomic E-state index is 12.7. The average molecular weight is 261 g/mol. The van der Waals surface area contributed by atoms with Crippen molar-refractivity contribution in [2.45, 2.75) is 18.6 Å². The number of halogens is 3. The first kappa shape index (κ1) is 12.6. The van der Waals surface area contributed by atoms with Crippen molar-refractivity contribution in [2.24, 2.45) is 12.8 Å². The molecule has 6 nitrogen and oxygen atoms in total. The van der Waals surface area contributed by atoms with Gasteiger partial charge < -0.3 is 10.3 Å². The normalized spacial score (nSPS) is 15.7. The summed E-state index contributed by atoms with van der Waals surface area (Å²) in [5, 5.41) is 7.31. The predicted octanol–water partition coefficient (Wildman–Crippen LogP) is 1.21. The lowest BCUT2D eigenvalue weighted by molar-refractivity contribution is -0.190. The summed E-state index contributed by atoms with van der Waals surface area (Å²) in [7, 11) is 1.66. The molecule has 0 aromatic carbocycles. The molecule has 0 saturated heterocycles. The molecule has 2 N–H and O–H groups in total. The lowest BCUT2D eigenvalue weighted by atomic mass is 10.0. The maximum Gasteiger partial charge on any atom is 0.415 e. The Bertz CT molecular complexity index is 557. The lowest BCUT2D eigenvalue weighted by Gasteiger charge is -2.22. The van der Waals surface area contributed by atoms with Gasteiger partial charge in [0, 0.05) is 13.2 Å². The van der Waals surface area contributed by atoms with Crippen molar-refractivity contribution in [1.29, 1.82) is 0 Å². The first-order valence-electron chi connectivity index (χ1n) is 4.90. The van der Waals surface area contributed by atoms with E-state index in [1.807, 2.05) is 0 Å². The van der Waals surface area contributed by atoms with Crippen molar-refractivity contribution in [3.8, 4) is 11.4 Å². The summed E-state index contributed by atoms with van der Waals surface area (Å²) >= 11 is 0. The van der Waals surface area contributed by atoms with E-state index in [-0.39, 0.29) is 5.82 Å². The van der Waals surface area contributed by atoms with Crippen LogP contribution in [-0.2, 0) is 12.6 Å². The molecular formula is C9H10F3N5O. The molecule has 0 spiro atoms. The zero-order valence-electron chi connectivity index (χ0n) is 9.56. The van der Waals surface area contributed by atoms with Crippen LogP contribution in [0.4, 0.5) is 13.2 Å². The van der Waals surface area contributed by atoms with E-state index in [4.69, 9.17) is 5.73 Å². The van der Waals surface area contributed by atoms with Crippen molar-refractivity contribution in [3.05, 3.63) is 18.3 Å². The molecule has 0 saturated carbocycles. The molecule has 0 aliphatic heterocycles. The molecule has 2 aromatic heterocycles. The minimum atomic E-state index is -4.67. The highest BCUT2D eigenvalue weighted by atomic mass is 19.4. The Hall–Kier alpha value is -1.90.